The SMILES string of the molecule is COC(=O)Cc1cc([N+](=O)[O-])c(F)cc1C=O. The number of halogens is 1. The predicted octanol–water partition coefficient (Wildman–Crippen LogP) is 1.26. The van der Waals surface area contributed by atoms with Crippen LogP contribution in [0.15, 0.2) is 12.1 Å². The summed E-state index contributed by atoms with van der Waals surface area (Å²) in [5, 5.41) is 10.5. The molecule has 0 spiro atoms. The van der Waals surface area contributed by atoms with Gasteiger partial charge in [0.2, 0.25) is 5.82 Å². The molecular weight excluding hydrogens is 233 g/mol. The summed E-state index contributed by atoms with van der Waals surface area (Å²) in [4.78, 5) is 31.2. The lowest BCUT2D eigenvalue weighted by Gasteiger charge is -2.04. The van der Waals surface area contributed by atoms with Gasteiger partial charge in [-0.15, -0.1) is 0 Å². The van der Waals surface area contributed by atoms with Gasteiger partial charge in [0.15, 0.2) is 0 Å². The summed E-state index contributed by atoms with van der Waals surface area (Å²) in [6.45, 7) is 0. The van der Waals surface area contributed by atoms with Crippen LogP contribution >= 0.6 is 0 Å². The maximum absolute atomic E-state index is 13.2. The van der Waals surface area contributed by atoms with Gasteiger partial charge in [-0.1, -0.05) is 0 Å². The molecule has 90 valence electrons. The number of nitrogens with zero attached hydrogens (tertiary/aromatic N) is 1. The average molecular weight is 241 g/mol. The van der Waals surface area contributed by atoms with Gasteiger partial charge >= 0.3 is 11.7 Å². The Balaban J connectivity index is 3.26. The summed E-state index contributed by atoms with van der Waals surface area (Å²) in [7, 11) is 1.14. The highest BCUT2D eigenvalue weighted by Gasteiger charge is 2.19. The summed E-state index contributed by atoms with van der Waals surface area (Å²) in [5.41, 5.74) is -0.840. The molecule has 0 N–H and O–H groups in total. The lowest BCUT2D eigenvalue weighted by atomic mass is 10.0. The first-order valence-corrected chi connectivity index (χ1v) is 4.48. The van der Waals surface area contributed by atoms with Crippen LogP contribution in [0.4, 0.5) is 10.1 Å². The van der Waals surface area contributed by atoms with Crippen molar-refractivity contribution in [3.8, 4) is 0 Å². The van der Waals surface area contributed by atoms with Crippen LogP contribution in [-0.2, 0) is 16.0 Å². The smallest absolute Gasteiger partial charge is 0.310 e. The van der Waals surface area contributed by atoms with Crippen molar-refractivity contribution in [2.24, 2.45) is 0 Å². The summed E-state index contributed by atoms with van der Waals surface area (Å²) in [5.74, 6) is -1.79. The summed E-state index contributed by atoms with van der Waals surface area (Å²) >= 11 is 0. The standard InChI is InChI=1S/C10H8FNO5/c1-17-10(14)4-6-3-9(12(15)16)8(11)2-7(6)5-13/h2-3,5H,4H2,1H3. The third-order valence-corrected chi connectivity index (χ3v) is 2.09. The average Bonchev–Trinajstić information content (AvgIpc) is 2.30. The summed E-state index contributed by atoms with van der Waals surface area (Å²) < 4.78 is 17.5. The number of hydrogen-bond donors (Lipinski definition) is 0. The van der Waals surface area contributed by atoms with E-state index in [-0.39, 0.29) is 17.5 Å². The normalized spacial score (nSPS) is 9.76. The van der Waals surface area contributed by atoms with Crippen LogP contribution in [0.25, 0.3) is 0 Å². The van der Waals surface area contributed by atoms with Crippen molar-refractivity contribution in [3.63, 3.8) is 0 Å². The first-order valence-electron chi connectivity index (χ1n) is 4.48. The van der Waals surface area contributed by atoms with Gasteiger partial charge in [0, 0.05) is 11.6 Å². The number of rotatable bonds is 4. The molecule has 0 aliphatic carbocycles. The maximum atomic E-state index is 13.2. The van der Waals surface area contributed by atoms with Crippen molar-refractivity contribution >= 4 is 17.9 Å². The molecule has 0 aromatic heterocycles. The van der Waals surface area contributed by atoms with Gasteiger partial charge in [-0.05, 0) is 11.6 Å². The fourth-order valence-electron chi connectivity index (χ4n) is 1.25. The van der Waals surface area contributed by atoms with E-state index in [4.69, 9.17) is 0 Å². The lowest BCUT2D eigenvalue weighted by Crippen LogP contribution is -2.08. The highest BCUT2D eigenvalue weighted by Crippen LogP contribution is 2.22. The Kier molecular flexibility index (Phi) is 3.86. The molecule has 1 aromatic rings. The Morgan fingerprint density at radius 3 is 2.71 bits per heavy atom. The molecule has 7 heteroatoms. The maximum Gasteiger partial charge on any atom is 0.310 e. The fourth-order valence-corrected chi connectivity index (χ4v) is 1.25. The Labute approximate surface area is 95.1 Å². The number of nitro benzene ring substituents is 1. The number of ether oxygens (including phenoxy) is 1. The molecule has 0 heterocycles. The molecule has 0 amide bonds. The topological polar surface area (TPSA) is 86.5 Å². The van der Waals surface area contributed by atoms with E-state index in [0.29, 0.717) is 6.29 Å². The van der Waals surface area contributed by atoms with Crippen LogP contribution in [-0.4, -0.2) is 24.3 Å². The Morgan fingerprint density at radius 2 is 2.24 bits per heavy atom. The molecule has 1 rings (SSSR count). The number of carbonyl (C=O) groups is 2. The van der Waals surface area contributed by atoms with Crippen LogP contribution in [0.1, 0.15) is 15.9 Å². The van der Waals surface area contributed by atoms with E-state index in [0.717, 1.165) is 19.2 Å². The third kappa shape index (κ3) is 2.83. The number of hydrogen-bond acceptors (Lipinski definition) is 5. The molecule has 0 aliphatic rings. The minimum Gasteiger partial charge on any atom is -0.469 e. The molecule has 0 bridgehead atoms. The van der Waals surface area contributed by atoms with Crippen molar-refractivity contribution in [1.29, 1.82) is 0 Å². The highest BCUT2D eigenvalue weighted by molar-refractivity contribution is 5.82. The molecular formula is C10H8FNO5. The summed E-state index contributed by atoms with van der Waals surface area (Å²) in [6.07, 6.45) is -0.00320. The van der Waals surface area contributed by atoms with Gasteiger partial charge in [0.1, 0.15) is 6.29 Å². The van der Waals surface area contributed by atoms with Gasteiger partial charge in [-0.2, -0.15) is 4.39 Å². The Morgan fingerprint density at radius 1 is 1.59 bits per heavy atom. The van der Waals surface area contributed by atoms with E-state index in [1.807, 2.05) is 0 Å². The molecule has 0 unspecified atom stereocenters. The van der Waals surface area contributed by atoms with Crippen LogP contribution < -0.4 is 0 Å². The molecule has 0 aliphatic heterocycles. The van der Waals surface area contributed by atoms with Gasteiger partial charge in [-0.25, -0.2) is 0 Å². The quantitative estimate of drug-likeness (QED) is 0.343. The van der Waals surface area contributed by atoms with E-state index in [9.17, 15) is 24.1 Å². The monoisotopic (exact) mass is 241 g/mol. The van der Waals surface area contributed by atoms with Gasteiger partial charge < -0.3 is 4.74 Å². The van der Waals surface area contributed by atoms with E-state index < -0.39 is 22.4 Å². The van der Waals surface area contributed by atoms with E-state index in [1.165, 1.54) is 0 Å². The van der Waals surface area contributed by atoms with Crippen LogP contribution in [0.5, 0.6) is 0 Å². The second-order valence-electron chi connectivity index (χ2n) is 3.13. The Bertz CT molecular complexity index is 486. The van der Waals surface area contributed by atoms with Gasteiger partial charge in [-0.3, -0.25) is 19.7 Å². The van der Waals surface area contributed by atoms with E-state index >= 15 is 0 Å². The Hall–Kier alpha value is -2.31. The molecule has 0 saturated carbocycles. The predicted molar refractivity (Wildman–Crippen MR) is 54.2 cm³/mol. The van der Waals surface area contributed by atoms with Crippen LogP contribution in [0, 0.1) is 15.9 Å². The first kappa shape index (κ1) is 12.8. The molecule has 6 nitrogen and oxygen atoms in total. The number of nitro groups is 1. The minimum atomic E-state index is -1.12. The minimum absolute atomic E-state index is 0.0555. The van der Waals surface area contributed by atoms with Crippen molar-refractivity contribution in [2.75, 3.05) is 7.11 Å². The zero-order chi connectivity index (χ0) is 13.0. The molecule has 17 heavy (non-hydrogen) atoms. The third-order valence-electron chi connectivity index (χ3n) is 2.09. The van der Waals surface area contributed by atoms with Crippen molar-refractivity contribution < 1.29 is 23.6 Å². The number of esters is 1. The molecule has 0 atom stereocenters. The molecule has 1 aromatic carbocycles. The van der Waals surface area contributed by atoms with Gasteiger partial charge in [0.25, 0.3) is 0 Å². The first-order chi connectivity index (χ1) is 7.99. The fraction of sp³-hybridized carbons (Fsp3) is 0.200. The van der Waals surface area contributed by atoms with Crippen molar-refractivity contribution in [2.45, 2.75) is 6.42 Å². The van der Waals surface area contributed by atoms with Crippen LogP contribution in [0.3, 0.4) is 0 Å². The zero-order valence-corrected chi connectivity index (χ0v) is 8.81. The number of aldehydes is 1. The number of methoxy groups -OCH3 is 1. The second kappa shape index (κ2) is 5.15. The van der Waals surface area contributed by atoms with E-state index in [2.05, 4.69) is 4.74 Å². The second-order valence-corrected chi connectivity index (χ2v) is 3.13. The molecule has 0 saturated heterocycles. The van der Waals surface area contributed by atoms with Crippen molar-refractivity contribution in [1.82, 2.24) is 0 Å². The van der Waals surface area contributed by atoms with Crippen LogP contribution in [0.2, 0.25) is 0 Å². The van der Waals surface area contributed by atoms with E-state index in [1.54, 1.807) is 0 Å². The lowest BCUT2D eigenvalue weighted by molar-refractivity contribution is -0.387. The molecule has 0 radical (unpaired) electrons. The van der Waals surface area contributed by atoms with Crippen molar-refractivity contribution in [3.05, 3.63) is 39.2 Å². The molecule has 0 fully saturated rings. The van der Waals surface area contributed by atoms with Gasteiger partial charge in [0.05, 0.1) is 18.5 Å². The number of carbonyl (C=O) groups excluding carboxylic acids is 2. The highest BCUT2D eigenvalue weighted by atomic mass is 19.1. The zero-order valence-electron chi connectivity index (χ0n) is 8.81. The number of benzene rings is 1. The summed E-state index contributed by atoms with van der Waals surface area (Å²) in [6, 6.07) is 1.58. The largest absolute Gasteiger partial charge is 0.469 e.